The molecule has 0 aliphatic heterocycles. The minimum atomic E-state index is -0.399. The summed E-state index contributed by atoms with van der Waals surface area (Å²) in [4.78, 5) is 20.4. The van der Waals surface area contributed by atoms with Gasteiger partial charge in [-0.3, -0.25) is 4.98 Å². The number of aromatic nitrogens is 2. The Morgan fingerprint density at radius 1 is 1.08 bits per heavy atom. The Morgan fingerprint density at radius 3 is 2.50 bits per heavy atom. The van der Waals surface area contributed by atoms with Crippen LogP contribution in [0.2, 0.25) is 0 Å². The van der Waals surface area contributed by atoms with E-state index in [-0.39, 0.29) is 0 Å². The van der Waals surface area contributed by atoms with Gasteiger partial charge in [0.2, 0.25) is 0 Å². The van der Waals surface area contributed by atoms with Gasteiger partial charge in [-0.05, 0) is 36.4 Å². The van der Waals surface area contributed by atoms with Crippen molar-refractivity contribution in [1.29, 1.82) is 0 Å². The first-order chi connectivity index (χ1) is 12.7. The zero-order chi connectivity index (χ0) is 18.4. The fourth-order valence-electron chi connectivity index (χ4n) is 2.35. The van der Waals surface area contributed by atoms with Gasteiger partial charge in [0.25, 0.3) is 0 Å². The number of esters is 1. The van der Waals surface area contributed by atoms with Crippen molar-refractivity contribution in [1.82, 2.24) is 9.97 Å². The third-order valence-electron chi connectivity index (χ3n) is 3.70. The third-order valence-corrected chi connectivity index (χ3v) is 3.70. The van der Waals surface area contributed by atoms with Gasteiger partial charge in [-0.15, -0.1) is 0 Å². The van der Waals surface area contributed by atoms with Crippen molar-refractivity contribution in [2.45, 2.75) is 0 Å². The molecule has 5 nitrogen and oxygen atoms in total. The van der Waals surface area contributed by atoms with E-state index in [1.54, 1.807) is 31.6 Å². The second-order valence-corrected chi connectivity index (χ2v) is 5.44. The highest BCUT2D eigenvalue weighted by Gasteiger charge is 2.11. The SMILES string of the molecule is CNc1cc(C(=O)OC)cc(-c2ccc(C#Cc3cccnc3)cc2)n1. The number of nitrogens with zero attached hydrogens (tertiary/aromatic N) is 2. The molecule has 1 aromatic carbocycles. The maximum Gasteiger partial charge on any atom is 0.338 e. The van der Waals surface area contributed by atoms with Crippen molar-refractivity contribution in [3.05, 3.63) is 77.6 Å². The predicted molar refractivity (Wildman–Crippen MR) is 101 cm³/mol. The van der Waals surface area contributed by atoms with E-state index in [1.807, 2.05) is 36.4 Å². The molecule has 0 saturated heterocycles. The zero-order valence-corrected chi connectivity index (χ0v) is 14.5. The van der Waals surface area contributed by atoms with Crippen LogP contribution in [0.5, 0.6) is 0 Å². The average molecular weight is 343 g/mol. The number of pyridine rings is 2. The molecule has 2 heterocycles. The molecule has 26 heavy (non-hydrogen) atoms. The summed E-state index contributed by atoms with van der Waals surface area (Å²) in [6.07, 6.45) is 3.44. The maximum atomic E-state index is 11.8. The van der Waals surface area contributed by atoms with Gasteiger partial charge in [0.05, 0.1) is 18.4 Å². The first kappa shape index (κ1) is 17.2. The standard InChI is InChI=1S/C21H17N3O2/c1-22-20-13-18(21(25)26-2)12-19(24-20)17-9-7-15(8-10-17)5-6-16-4-3-11-23-14-16/h3-4,7-14H,1-2H3,(H,22,24). The first-order valence-electron chi connectivity index (χ1n) is 8.00. The lowest BCUT2D eigenvalue weighted by Crippen LogP contribution is -2.04. The van der Waals surface area contributed by atoms with Crippen LogP contribution in [0.1, 0.15) is 21.5 Å². The number of methoxy groups -OCH3 is 1. The summed E-state index contributed by atoms with van der Waals surface area (Å²) in [7, 11) is 3.11. The van der Waals surface area contributed by atoms with Crippen molar-refractivity contribution in [2.24, 2.45) is 0 Å². The molecule has 128 valence electrons. The molecule has 0 spiro atoms. The minimum absolute atomic E-state index is 0.399. The highest BCUT2D eigenvalue weighted by Crippen LogP contribution is 2.22. The van der Waals surface area contributed by atoms with Gasteiger partial charge in [0.15, 0.2) is 0 Å². The summed E-state index contributed by atoms with van der Waals surface area (Å²) >= 11 is 0. The second-order valence-electron chi connectivity index (χ2n) is 5.44. The summed E-state index contributed by atoms with van der Waals surface area (Å²) < 4.78 is 4.80. The van der Waals surface area contributed by atoms with Gasteiger partial charge in [0, 0.05) is 36.1 Å². The lowest BCUT2D eigenvalue weighted by atomic mass is 10.1. The van der Waals surface area contributed by atoms with Crippen LogP contribution >= 0.6 is 0 Å². The van der Waals surface area contributed by atoms with Crippen LogP contribution in [-0.2, 0) is 4.74 Å². The van der Waals surface area contributed by atoms with E-state index in [4.69, 9.17) is 4.74 Å². The number of hydrogen-bond acceptors (Lipinski definition) is 5. The van der Waals surface area contributed by atoms with E-state index in [2.05, 4.69) is 27.1 Å². The number of hydrogen-bond donors (Lipinski definition) is 1. The van der Waals surface area contributed by atoms with Crippen LogP contribution in [0.25, 0.3) is 11.3 Å². The fraction of sp³-hybridized carbons (Fsp3) is 0.0952. The topological polar surface area (TPSA) is 64.1 Å². The Kier molecular flexibility index (Phi) is 5.25. The van der Waals surface area contributed by atoms with Gasteiger partial charge in [-0.1, -0.05) is 24.0 Å². The molecule has 5 heteroatoms. The monoisotopic (exact) mass is 343 g/mol. The maximum absolute atomic E-state index is 11.8. The number of benzene rings is 1. The largest absolute Gasteiger partial charge is 0.465 e. The lowest BCUT2D eigenvalue weighted by molar-refractivity contribution is 0.0600. The number of rotatable bonds is 3. The molecule has 3 aromatic rings. The van der Waals surface area contributed by atoms with E-state index in [1.165, 1.54) is 7.11 Å². The van der Waals surface area contributed by atoms with Crippen molar-refractivity contribution in [2.75, 3.05) is 19.5 Å². The molecular formula is C21H17N3O2. The second kappa shape index (κ2) is 7.95. The average Bonchev–Trinajstić information content (AvgIpc) is 2.72. The first-order valence-corrected chi connectivity index (χ1v) is 8.00. The number of anilines is 1. The van der Waals surface area contributed by atoms with E-state index in [0.29, 0.717) is 17.1 Å². The molecule has 0 fully saturated rings. The molecule has 0 radical (unpaired) electrons. The molecule has 0 bridgehead atoms. The lowest BCUT2D eigenvalue weighted by Gasteiger charge is -2.08. The fourth-order valence-corrected chi connectivity index (χ4v) is 2.35. The smallest absolute Gasteiger partial charge is 0.338 e. The van der Waals surface area contributed by atoms with Crippen LogP contribution in [0, 0.1) is 11.8 Å². The number of ether oxygens (including phenoxy) is 1. The highest BCUT2D eigenvalue weighted by atomic mass is 16.5. The molecule has 0 atom stereocenters. The van der Waals surface area contributed by atoms with Crippen LogP contribution in [0.3, 0.4) is 0 Å². The van der Waals surface area contributed by atoms with Crippen molar-refractivity contribution >= 4 is 11.8 Å². The van der Waals surface area contributed by atoms with Gasteiger partial charge >= 0.3 is 5.97 Å². The van der Waals surface area contributed by atoms with Crippen LogP contribution < -0.4 is 5.32 Å². The van der Waals surface area contributed by atoms with Crippen molar-refractivity contribution < 1.29 is 9.53 Å². The number of carbonyl (C=O) groups excluding carboxylic acids is 1. The minimum Gasteiger partial charge on any atom is -0.465 e. The van der Waals surface area contributed by atoms with Crippen molar-refractivity contribution in [3.8, 4) is 23.1 Å². The summed E-state index contributed by atoms with van der Waals surface area (Å²) in [6.45, 7) is 0. The Bertz CT molecular complexity index is 972. The van der Waals surface area contributed by atoms with E-state index in [0.717, 1.165) is 16.7 Å². The normalized spacial score (nSPS) is 9.77. The van der Waals surface area contributed by atoms with Gasteiger partial charge < -0.3 is 10.1 Å². The molecule has 0 aliphatic rings. The van der Waals surface area contributed by atoms with Gasteiger partial charge in [-0.25, -0.2) is 9.78 Å². The Labute approximate surface area is 152 Å². The summed E-state index contributed by atoms with van der Waals surface area (Å²) in [5, 5.41) is 2.96. The zero-order valence-electron chi connectivity index (χ0n) is 14.5. The van der Waals surface area contributed by atoms with Crippen LogP contribution in [0.15, 0.2) is 60.9 Å². The number of nitrogens with one attached hydrogen (secondary N) is 1. The summed E-state index contributed by atoms with van der Waals surface area (Å²) in [5.41, 5.74) is 3.77. The molecule has 0 unspecified atom stereocenters. The van der Waals surface area contributed by atoms with E-state index >= 15 is 0 Å². The van der Waals surface area contributed by atoms with Crippen LogP contribution in [0.4, 0.5) is 5.82 Å². The van der Waals surface area contributed by atoms with Gasteiger partial charge in [-0.2, -0.15) is 0 Å². The van der Waals surface area contributed by atoms with E-state index in [9.17, 15) is 4.79 Å². The quantitative estimate of drug-likeness (QED) is 0.583. The van der Waals surface area contributed by atoms with Crippen molar-refractivity contribution in [3.63, 3.8) is 0 Å². The Morgan fingerprint density at radius 2 is 1.85 bits per heavy atom. The third kappa shape index (κ3) is 4.05. The molecule has 0 aliphatic carbocycles. The molecule has 3 rings (SSSR count). The molecular weight excluding hydrogens is 326 g/mol. The molecule has 2 aromatic heterocycles. The number of carbonyl (C=O) groups is 1. The predicted octanol–water partition coefficient (Wildman–Crippen LogP) is 3.37. The van der Waals surface area contributed by atoms with E-state index < -0.39 is 5.97 Å². The van der Waals surface area contributed by atoms with Gasteiger partial charge in [0.1, 0.15) is 5.82 Å². The highest BCUT2D eigenvalue weighted by molar-refractivity contribution is 5.91. The summed E-state index contributed by atoms with van der Waals surface area (Å²) in [5.74, 6) is 6.38. The molecule has 0 amide bonds. The molecule has 1 N–H and O–H groups in total. The summed E-state index contributed by atoms with van der Waals surface area (Å²) in [6, 6.07) is 14.8. The van der Waals surface area contributed by atoms with Crippen LogP contribution in [-0.4, -0.2) is 30.1 Å². The Hall–Kier alpha value is -3.65. The molecule has 0 saturated carbocycles. The Balaban J connectivity index is 1.89.